The van der Waals surface area contributed by atoms with Crippen molar-refractivity contribution < 1.29 is 9.53 Å². The minimum absolute atomic E-state index is 0.0587. The van der Waals surface area contributed by atoms with Gasteiger partial charge in [0.1, 0.15) is 0 Å². The van der Waals surface area contributed by atoms with E-state index in [9.17, 15) is 4.79 Å². The van der Waals surface area contributed by atoms with E-state index in [0.717, 1.165) is 37.9 Å². The van der Waals surface area contributed by atoms with E-state index in [1.54, 1.807) is 12.1 Å². The van der Waals surface area contributed by atoms with Gasteiger partial charge in [0, 0.05) is 23.7 Å². The molecule has 0 bridgehead atoms. The summed E-state index contributed by atoms with van der Waals surface area (Å²) in [7, 11) is 0. The molecule has 0 atom stereocenters. The topological polar surface area (TPSA) is 50.4 Å². The van der Waals surface area contributed by atoms with Gasteiger partial charge in [-0.3, -0.25) is 4.79 Å². The molecule has 2 N–H and O–H groups in total. The minimum Gasteiger partial charge on any atom is -0.378 e. The lowest BCUT2D eigenvalue weighted by atomic mass is 10.1. The summed E-state index contributed by atoms with van der Waals surface area (Å²) < 4.78 is 5.80. The molecule has 1 amide bonds. The molecule has 1 aromatic carbocycles. The number of piperidine rings is 1. The van der Waals surface area contributed by atoms with Gasteiger partial charge in [0.05, 0.1) is 6.10 Å². The number of rotatable bonds is 6. The predicted octanol–water partition coefficient (Wildman–Crippen LogP) is 2.54. The molecule has 116 valence electrons. The number of carbonyl (C=O) groups excluding carboxylic acids is 1. The molecule has 0 aromatic heterocycles. The molecule has 1 aliphatic heterocycles. The second-order valence-electron chi connectivity index (χ2n) is 5.39. The molecular weight excluding hydrogens is 288 g/mol. The van der Waals surface area contributed by atoms with Crippen molar-refractivity contribution in [1.82, 2.24) is 10.6 Å². The van der Waals surface area contributed by atoms with Gasteiger partial charge in [-0.25, -0.2) is 0 Å². The summed E-state index contributed by atoms with van der Waals surface area (Å²) in [5, 5.41) is 6.90. The Balaban J connectivity index is 1.63. The summed E-state index contributed by atoms with van der Waals surface area (Å²) >= 11 is 5.95. The zero-order chi connectivity index (χ0) is 15.1. The maximum absolute atomic E-state index is 12.0. The number of ether oxygens (including phenoxy) is 1. The molecule has 0 aliphatic carbocycles. The van der Waals surface area contributed by atoms with Gasteiger partial charge in [-0.05, 0) is 63.0 Å². The van der Waals surface area contributed by atoms with E-state index < -0.39 is 0 Å². The maximum Gasteiger partial charge on any atom is 0.251 e. The molecule has 0 radical (unpaired) electrons. The number of carbonyl (C=O) groups is 1. The molecule has 1 fully saturated rings. The smallest absolute Gasteiger partial charge is 0.251 e. The molecular formula is C16H23ClN2O2. The summed E-state index contributed by atoms with van der Waals surface area (Å²) in [5.41, 5.74) is 1.56. The molecule has 1 saturated heterocycles. The van der Waals surface area contributed by atoms with E-state index in [1.807, 2.05) is 13.0 Å². The van der Waals surface area contributed by atoms with Gasteiger partial charge in [0.2, 0.25) is 0 Å². The zero-order valence-electron chi connectivity index (χ0n) is 12.5. The first-order chi connectivity index (χ1) is 10.2. The van der Waals surface area contributed by atoms with Crippen LogP contribution in [0.4, 0.5) is 0 Å². The Kier molecular flexibility index (Phi) is 6.49. The van der Waals surface area contributed by atoms with Gasteiger partial charge in [-0.2, -0.15) is 0 Å². The third-order valence-electron chi connectivity index (χ3n) is 3.67. The molecule has 1 aromatic rings. The number of hydrogen-bond donors (Lipinski definition) is 2. The van der Waals surface area contributed by atoms with Crippen LogP contribution in [0.2, 0.25) is 5.02 Å². The third-order valence-corrected chi connectivity index (χ3v) is 4.09. The predicted molar refractivity (Wildman–Crippen MR) is 85.0 cm³/mol. The van der Waals surface area contributed by atoms with Crippen molar-refractivity contribution in [3.05, 3.63) is 34.3 Å². The SMILES string of the molecule is Cc1cc(C(=O)NCCCOC2CCNCC2)ccc1Cl. The fraction of sp³-hybridized carbons (Fsp3) is 0.562. The Bertz CT molecular complexity index is 473. The highest BCUT2D eigenvalue weighted by Crippen LogP contribution is 2.16. The van der Waals surface area contributed by atoms with Gasteiger partial charge in [-0.15, -0.1) is 0 Å². The highest BCUT2D eigenvalue weighted by atomic mass is 35.5. The average molecular weight is 311 g/mol. The van der Waals surface area contributed by atoms with Crippen LogP contribution < -0.4 is 10.6 Å². The minimum atomic E-state index is -0.0587. The first-order valence-electron chi connectivity index (χ1n) is 7.53. The molecule has 4 nitrogen and oxygen atoms in total. The van der Waals surface area contributed by atoms with E-state index >= 15 is 0 Å². The lowest BCUT2D eigenvalue weighted by Gasteiger charge is -2.22. The Morgan fingerprint density at radius 2 is 2.19 bits per heavy atom. The molecule has 0 spiro atoms. The van der Waals surface area contributed by atoms with Crippen LogP contribution in [0.25, 0.3) is 0 Å². The van der Waals surface area contributed by atoms with Crippen LogP contribution in [0.5, 0.6) is 0 Å². The van der Waals surface area contributed by atoms with Gasteiger partial charge < -0.3 is 15.4 Å². The normalized spacial score (nSPS) is 15.9. The van der Waals surface area contributed by atoms with E-state index in [4.69, 9.17) is 16.3 Å². The Hall–Kier alpha value is -1.10. The van der Waals surface area contributed by atoms with Gasteiger partial charge in [-0.1, -0.05) is 11.6 Å². The number of benzene rings is 1. The number of halogens is 1. The highest BCUT2D eigenvalue weighted by Gasteiger charge is 2.12. The lowest BCUT2D eigenvalue weighted by molar-refractivity contribution is 0.0318. The van der Waals surface area contributed by atoms with Gasteiger partial charge in [0.15, 0.2) is 0 Å². The van der Waals surface area contributed by atoms with E-state index in [-0.39, 0.29) is 5.91 Å². The summed E-state index contributed by atoms with van der Waals surface area (Å²) in [6, 6.07) is 5.31. The summed E-state index contributed by atoms with van der Waals surface area (Å²) in [6.45, 7) is 5.30. The van der Waals surface area contributed by atoms with Gasteiger partial charge in [0.25, 0.3) is 5.91 Å². The number of nitrogens with one attached hydrogen (secondary N) is 2. The molecule has 0 saturated carbocycles. The fourth-order valence-corrected chi connectivity index (χ4v) is 2.49. The average Bonchev–Trinajstić information content (AvgIpc) is 2.50. The fourth-order valence-electron chi connectivity index (χ4n) is 2.37. The summed E-state index contributed by atoms with van der Waals surface area (Å²) in [6.07, 6.45) is 3.37. The Morgan fingerprint density at radius 3 is 2.90 bits per heavy atom. The quantitative estimate of drug-likeness (QED) is 0.794. The van der Waals surface area contributed by atoms with Crippen LogP contribution in [-0.4, -0.2) is 38.3 Å². The standard InChI is InChI=1S/C16H23ClN2O2/c1-12-11-13(3-4-15(12)17)16(20)19-7-2-10-21-14-5-8-18-9-6-14/h3-4,11,14,18H,2,5-10H2,1H3,(H,19,20). The van der Waals surface area contributed by atoms with Crippen molar-refractivity contribution in [1.29, 1.82) is 0 Å². The molecule has 21 heavy (non-hydrogen) atoms. The first kappa shape index (κ1) is 16.3. The number of aryl methyl sites for hydroxylation is 1. The molecule has 5 heteroatoms. The zero-order valence-corrected chi connectivity index (χ0v) is 13.2. The van der Waals surface area contributed by atoms with E-state index in [1.165, 1.54) is 0 Å². The van der Waals surface area contributed by atoms with Crippen molar-refractivity contribution in [3.8, 4) is 0 Å². The van der Waals surface area contributed by atoms with Crippen molar-refractivity contribution >= 4 is 17.5 Å². The van der Waals surface area contributed by atoms with Crippen molar-refractivity contribution in [2.24, 2.45) is 0 Å². The van der Waals surface area contributed by atoms with Crippen LogP contribution in [0, 0.1) is 6.92 Å². The lowest BCUT2D eigenvalue weighted by Crippen LogP contribution is -2.33. The van der Waals surface area contributed by atoms with Crippen molar-refractivity contribution in [3.63, 3.8) is 0 Å². The van der Waals surface area contributed by atoms with E-state index in [2.05, 4.69) is 10.6 Å². The van der Waals surface area contributed by atoms with Crippen LogP contribution in [0.15, 0.2) is 18.2 Å². The van der Waals surface area contributed by atoms with Crippen LogP contribution in [0.3, 0.4) is 0 Å². The Morgan fingerprint density at radius 1 is 1.43 bits per heavy atom. The van der Waals surface area contributed by atoms with Crippen LogP contribution >= 0.6 is 11.6 Å². The maximum atomic E-state index is 12.0. The second-order valence-corrected chi connectivity index (χ2v) is 5.80. The summed E-state index contributed by atoms with van der Waals surface area (Å²) in [5.74, 6) is -0.0587. The molecule has 2 rings (SSSR count). The highest BCUT2D eigenvalue weighted by molar-refractivity contribution is 6.31. The monoisotopic (exact) mass is 310 g/mol. The molecule has 0 unspecified atom stereocenters. The first-order valence-corrected chi connectivity index (χ1v) is 7.91. The van der Waals surface area contributed by atoms with Crippen LogP contribution in [-0.2, 0) is 4.74 Å². The summed E-state index contributed by atoms with van der Waals surface area (Å²) in [4.78, 5) is 12.0. The molecule has 1 aliphatic rings. The second kappa shape index (κ2) is 8.37. The number of amides is 1. The van der Waals surface area contributed by atoms with Crippen molar-refractivity contribution in [2.75, 3.05) is 26.2 Å². The van der Waals surface area contributed by atoms with Gasteiger partial charge >= 0.3 is 0 Å². The van der Waals surface area contributed by atoms with E-state index in [0.29, 0.717) is 29.8 Å². The van der Waals surface area contributed by atoms with Crippen LogP contribution in [0.1, 0.15) is 35.2 Å². The third kappa shape index (κ3) is 5.30. The van der Waals surface area contributed by atoms with Crippen molar-refractivity contribution in [2.45, 2.75) is 32.3 Å². The number of hydrogen-bond acceptors (Lipinski definition) is 3. The largest absolute Gasteiger partial charge is 0.378 e. The Labute approximate surface area is 131 Å². The molecule has 1 heterocycles.